The maximum Gasteiger partial charge on any atom is 0.257 e. The van der Waals surface area contributed by atoms with Gasteiger partial charge < -0.3 is 10.3 Å². The molecule has 1 aromatic rings. The number of pyridine rings is 1. The molecular weight excluding hydrogens is 235 g/mol. The normalized spacial score (nSPS) is 12.1. The van der Waals surface area contributed by atoms with Crippen LogP contribution in [-0.4, -0.2) is 28.9 Å². The van der Waals surface area contributed by atoms with Gasteiger partial charge in [0.05, 0.1) is 5.56 Å². The summed E-state index contributed by atoms with van der Waals surface area (Å²) in [6, 6.07) is 1.41. The summed E-state index contributed by atoms with van der Waals surface area (Å²) in [5.74, 6) is 3.91. The number of carbonyl (C=O) groups excluding carboxylic acids is 1. The van der Waals surface area contributed by atoms with Gasteiger partial charge in [-0.3, -0.25) is 4.79 Å². The molecule has 6 heteroatoms. The van der Waals surface area contributed by atoms with Crippen LogP contribution >= 0.6 is 0 Å². The molecule has 0 aliphatic carbocycles. The maximum absolute atomic E-state index is 13.9. The minimum Gasteiger partial charge on any atom is -0.339 e. The zero-order chi connectivity index (χ0) is 13.7. The number of hydrogen-bond donors (Lipinski definition) is 2. The number of hydrazine groups is 1. The highest BCUT2D eigenvalue weighted by Crippen LogP contribution is 2.17. The molecule has 0 aromatic carbocycles. The lowest BCUT2D eigenvalue weighted by molar-refractivity contribution is 0.0732. The Morgan fingerprint density at radius 3 is 2.89 bits per heavy atom. The molecule has 0 radical (unpaired) electrons. The van der Waals surface area contributed by atoms with Crippen molar-refractivity contribution >= 4 is 11.7 Å². The summed E-state index contributed by atoms with van der Waals surface area (Å²) in [5, 5.41) is 0. The van der Waals surface area contributed by atoms with E-state index in [9.17, 15) is 9.18 Å². The molecule has 0 bridgehead atoms. The zero-order valence-corrected chi connectivity index (χ0v) is 10.9. The first-order chi connectivity index (χ1) is 8.52. The summed E-state index contributed by atoms with van der Waals surface area (Å²) in [6.07, 6.45) is 3.19. The first-order valence-electron chi connectivity index (χ1n) is 5.91. The molecule has 0 saturated heterocycles. The summed E-state index contributed by atoms with van der Waals surface area (Å²) in [6.45, 7) is 3.97. The fourth-order valence-corrected chi connectivity index (χ4v) is 1.71. The molecule has 0 spiro atoms. The number of nitrogens with two attached hydrogens (primary N) is 1. The number of hydrogen-bond acceptors (Lipinski definition) is 4. The molecule has 1 aromatic heterocycles. The largest absolute Gasteiger partial charge is 0.339 e. The van der Waals surface area contributed by atoms with E-state index in [1.54, 1.807) is 7.05 Å². The van der Waals surface area contributed by atoms with Crippen molar-refractivity contribution in [1.29, 1.82) is 0 Å². The number of nitrogen functional groups attached to an aromatic ring is 1. The standard InChI is InChI=1S/C12H19FN4O/c1-4-5-8(2)17(3)12(18)9-6-7-15-11(16-14)10(9)13/h6-8H,4-5,14H2,1-3H3,(H,15,16). The van der Waals surface area contributed by atoms with Gasteiger partial charge in [-0.05, 0) is 19.4 Å². The smallest absolute Gasteiger partial charge is 0.257 e. The van der Waals surface area contributed by atoms with E-state index in [0.717, 1.165) is 12.8 Å². The van der Waals surface area contributed by atoms with Gasteiger partial charge in [-0.15, -0.1) is 0 Å². The second kappa shape index (κ2) is 6.30. The molecule has 18 heavy (non-hydrogen) atoms. The number of carbonyl (C=O) groups is 1. The van der Waals surface area contributed by atoms with Gasteiger partial charge in [-0.2, -0.15) is 0 Å². The lowest BCUT2D eigenvalue weighted by atomic mass is 10.1. The van der Waals surface area contributed by atoms with Crippen molar-refractivity contribution in [3.05, 3.63) is 23.6 Å². The van der Waals surface area contributed by atoms with Gasteiger partial charge in [0.25, 0.3) is 5.91 Å². The molecule has 100 valence electrons. The van der Waals surface area contributed by atoms with E-state index in [4.69, 9.17) is 5.84 Å². The molecule has 5 nitrogen and oxygen atoms in total. The molecule has 3 N–H and O–H groups in total. The van der Waals surface area contributed by atoms with Gasteiger partial charge in [0.2, 0.25) is 0 Å². The van der Waals surface area contributed by atoms with Crippen molar-refractivity contribution in [2.75, 3.05) is 12.5 Å². The third-order valence-electron chi connectivity index (χ3n) is 2.94. The number of anilines is 1. The summed E-state index contributed by atoms with van der Waals surface area (Å²) in [5.41, 5.74) is 2.10. The Labute approximate surface area is 106 Å². The first-order valence-corrected chi connectivity index (χ1v) is 5.91. The van der Waals surface area contributed by atoms with Crippen molar-refractivity contribution in [3.63, 3.8) is 0 Å². The van der Waals surface area contributed by atoms with Crippen LogP contribution in [0.4, 0.5) is 10.2 Å². The number of halogens is 1. The van der Waals surface area contributed by atoms with Crippen LogP contribution in [0.1, 0.15) is 37.0 Å². The molecular formula is C12H19FN4O. The highest BCUT2D eigenvalue weighted by Gasteiger charge is 2.21. The lowest BCUT2D eigenvalue weighted by Gasteiger charge is -2.25. The summed E-state index contributed by atoms with van der Waals surface area (Å²) in [7, 11) is 1.66. The van der Waals surface area contributed by atoms with E-state index < -0.39 is 5.82 Å². The van der Waals surface area contributed by atoms with Gasteiger partial charge in [0.15, 0.2) is 11.6 Å². The van der Waals surface area contributed by atoms with E-state index in [-0.39, 0.29) is 23.3 Å². The highest BCUT2D eigenvalue weighted by molar-refractivity contribution is 5.95. The van der Waals surface area contributed by atoms with Crippen LogP contribution in [-0.2, 0) is 0 Å². The predicted molar refractivity (Wildman–Crippen MR) is 68.5 cm³/mol. The summed E-state index contributed by atoms with van der Waals surface area (Å²) in [4.78, 5) is 17.4. The van der Waals surface area contributed by atoms with Crippen molar-refractivity contribution in [2.45, 2.75) is 32.7 Å². The van der Waals surface area contributed by atoms with Crippen LogP contribution in [0.3, 0.4) is 0 Å². The Morgan fingerprint density at radius 2 is 2.33 bits per heavy atom. The summed E-state index contributed by atoms with van der Waals surface area (Å²) >= 11 is 0. The SMILES string of the molecule is CCCC(C)N(C)C(=O)c1ccnc(NN)c1F. The van der Waals surface area contributed by atoms with Gasteiger partial charge in [0, 0.05) is 19.3 Å². The van der Waals surface area contributed by atoms with Crippen molar-refractivity contribution in [1.82, 2.24) is 9.88 Å². The van der Waals surface area contributed by atoms with Crippen molar-refractivity contribution in [3.8, 4) is 0 Å². The van der Waals surface area contributed by atoms with Crippen LogP contribution in [0.5, 0.6) is 0 Å². The number of nitrogens with one attached hydrogen (secondary N) is 1. The van der Waals surface area contributed by atoms with E-state index in [1.165, 1.54) is 17.2 Å². The van der Waals surface area contributed by atoms with E-state index in [2.05, 4.69) is 10.4 Å². The molecule has 1 rings (SSSR count). The zero-order valence-electron chi connectivity index (χ0n) is 10.9. The number of aromatic nitrogens is 1. The molecule has 0 aliphatic rings. The van der Waals surface area contributed by atoms with Crippen molar-refractivity contribution < 1.29 is 9.18 Å². The molecule has 0 aliphatic heterocycles. The molecule has 0 fully saturated rings. The third-order valence-corrected chi connectivity index (χ3v) is 2.94. The minimum absolute atomic E-state index is 0.0246. The van der Waals surface area contributed by atoms with Gasteiger partial charge in [-0.25, -0.2) is 15.2 Å². The Morgan fingerprint density at radius 1 is 1.67 bits per heavy atom. The Balaban J connectivity index is 2.97. The molecule has 1 atom stereocenters. The highest BCUT2D eigenvalue weighted by atomic mass is 19.1. The number of amides is 1. The van der Waals surface area contributed by atoms with Crippen LogP contribution in [0.2, 0.25) is 0 Å². The lowest BCUT2D eigenvalue weighted by Crippen LogP contribution is -2.35. The van der Waals surface area contributed by atoms with Gasteiger partial charge in [-0.1, -0.05) is 13.3 Å². The third kappa shape index (κ3) is 2.95. The van der Waals surface area contributed by atoms with Crippen LogP contribution in [0.15, 0.2) is 12.3 Å². The average molecular weight is 254 g/mol. The number of rotatable bonds is 5. The van der Waals surface area contributed by atoms with E-state index in [1.807, 2.05) is 13.8 Å². The second-order valence-electron chi connectivity index (χ2n) is 4.22. The molecule has 1 heterocycles. The van der Waals surface area contributed by atoms with Gasteiger partial charge >= 0.3 is 0 Å². The van der Waals surface area contributed by atoms with Crippen molar-refractivity contribution in [2.24, 2.45) is 5.84 Å². The predicted octanol–water partition coefficient (Wildman–Crippen LogP) is 1.77. The number of nitrogens with zero attached hydrogens (tertiary/aromatic N) is 2. The van der Waals surface area contributed by atoms with Gasteiger partial charge in [0.1, 0.15) is 0 Å². The quantitative estimate of drug-likeness (QED) is 0.620. The van der Waals surface area contributed by atoms with Crippen LogP contribution < -0.4 is 11.3 Å². The van der Waals surface area contributed by atoms with Crippen LogP contribution in [0.25, 0.3) is 0 Å². The molecule has 1 unspecified atom stereocenters. The Kier molecular flexibility index (Phi) is 5.03. The minimum atomic E-state index is -0.722. The topological polar surface area (TPSA) is 71.2 Å². The average Bonchev–Trinajstić information content (AvgIpc) is 2.37. The fourth-order valence-electron chi connectivity index (χ4n) is 1.71. The second-order valence-corrected chi connectivity index (χ2v) is 4.22. The van der Waals surface area contributed by atoms with E-state index in [0.29, 0.717) is 0 Å². The Bertz CT molecular complexity index is 425. The fraction of sp³-hybridized carbons (Fsp3) is 0.500. The Hall–Kier alpha value is -1.69. The molecule has 1 amide bonds. The van der Waals surface area contributed by atoms with E-state index >= 15 is 0 Å². The molecule has 0 saturated carbocycles. The first kappa shape index (κ1) is 14.4. The summed E-state index contributed by atoms with van der Waals surface area (Å²) < 4.78 is 13.9. The maximum atomic E-state index is 13.9. The monoisotopic (exact) mass is 254 g/mol. The van der Waals surface area contributed by atoms with Crippen LogP contribution in [0, 0.1) is 5.82 Å².